The minimum Gasteiger partial charge on any atom is -0.493 e. The van der Waals surface area contributed by atoms with Gasteiger partial charge < -0.3 is 10.1 Å². The average Bonchev–Trinajstić information content (AvgIpc) is 2.82. The summed E-state index contributed by atoms with van der Waals surface area (Å²) in [4.78, 5) is 0. The van der Waals surface area contributed by atoms with Gasteiger partial charge >= 0.3 is 0 Å². The number of hydrogen-bond donors (Lipinski definition) is 1. The van der Waals surface area contributed by atoms with Crippen LogP contribution in [0.1, 0.15) is 18.1 Å². The van der Waals surface area contributed by atoms with Crippen LogP contribution in [0.4, 0.5) is 0 Å². The highest BCUT2D eigenvalue weighted by atomic mass is 32.2. The molecule has 0 saturated carbocycles. The first-order valence-corrected chi connectivity index (χ1v) is 8.13. The molecule has 3 heteroatoms. The van der Waals surface area contributed by atoms with Gasteiger partial charge in [-0.05, 0) is 54.6 Å². The first-order chi connectivity index (χ1) is 8.79. The van der Waals surface area contributed by atoms with Crippen molar-refractivity contribution in [3.05, 3.63) is 29.3 Å². The quantitative estimate of drug-likeness (QED) is 0.766. The van der Waals surface area contributed by atoms with Crippen LogP contribution >= 0.6 is 11.8 Å². The zero-order valence-electron chi connectivity index (χ0n) is 11.4. The summed E-state index contributed by atoms with van der Waals surface area (Å²) >= 11 is 1.92. The van der Waals surface area contributed by atoms with Crippen molar-refractivity contribution < 1.29 is 4.74 Å². The van der Waals surface area contributed by atoms with Gasteiger partial charge in [0, 0.05) is 6.42 Å². The molecule has 2 rings (SSSR count). The van der Waals surface area contributed by atoms with Crippen molar-refractivity contribution in [2.24, 2.45) is 5.92 Å². The second-order valence-corrected chi connectivity index (χ2v) is 5.97. The molecule has 1 aliphatic heterocycles. The lowest BCUT2D eigenvalue weighted by Crippen LogP contribution is -2.24. The zero-order chi connectivity index (χ0) is 12.8. The van der Waals surface area contributed by atoms with Crippen LogP contribution in [0, 0.1) is 5.92 Å². The fourth-order valence-electron chi connectivity index (χ4n) is 2.32. The van der Waals surface area contributed by atoms with Gasteiger partial charge in [0.25, 0.3) is 0 Å². The van der Waals surface area contributed by atoms with Gasteiger partial charge in [0.05, 0.1) is 6.61 Å². The lowest BCUT2D eigenvalue weighted by Gasteiger charge is -2.11. The van der Waals surface area contributed by atoms with E-state index in [9.17, 15) is 0 Å². The molecule has 0 aliphatic carbocycles. The number of hydrogen-bond acceptors (Lipinski definition) is 3. The molecule has 1 N–H and O–H groups in total. The minimum atomic E-state index is 0.758. The van der Waals surface area contributed by atoms with Crippen LogP contribution in [0.5, 0.6) is 5.75 Å². The molecule has 0 fully saturated rings. The third-order valence-corrected chi connectivity index (χ3v) is 4.19. The van der Waals surface area contributed by atoms with Crippen LogP contribution < -0.4 is 10.1 Å². The average molecular weight is 265 g/mol. The topological polar surface area (TPSA) is 21.3 Å². The maximum atomic E-state index is 5.52. The van der Waals surface area contributed by atoms with Crippen molar-refractivity contribution >= 4 is 11.8 Å². The van der Waals surface area contributed by atoms with E-state index in [0.717, 1.165) is 44.2 Å². The molecule has 18 heavy (non-hydrogen) atoms. The van der Waals surface area contributed by atoms with E-state index < -0.39 is 0 Å². The highest BCUT2D eigenvalue weighted by Crippen LogP contribution is 2.25. The Hall–Kier alpha value is -0.670. The Morgan fingerprint density at radius 2 is 2.33 bits per heavy atom. The number of ether oxygens (including phenoxy) is 1. The fraction of sp³-hybridized carbons (Fsp3) is 0.600. The van der Waals surface area contributed by atoms with Crippen molar-refractivity contribution in [1.29, 1.82) is 0 Å². The predicted octanol–water partition coefficient (Wildman–Crippen LogP) is 2.75. The third kappa shape index (κ3) is 3.92. The molecule has 0 radical (unpaired) electrons. The maximum Gasteiger partial charge on any atom is 0.122 e. The highest BCUT2D eigenvalue weighted by Gasteiger charge is 2.11. The molecule has 0 amide bonds. The van der Waals surface area contributed by atoms with E-state index >= 15 is 0 Å². The van der Waals surface area contributed by atoms with Gasteiger partial charge in [-0.15, -0.1) is 0 Å². The molecule has 1 aromatic carbocycles. The molecule has 0 saturated heterocycles. The summed E-state index contributed by atoms with van der Waals surface area (Å²) in [6, 6.07) is 6.61. The van der Waals surface area contributed by atoms with Gasteiger partial charge in [-0.1, -0.05) is 19.1 Å². The fourth-order valence-corrected chi connectivity index (χ4v) is 3.01. The number of thioether (sulfide) groups is 1. The van der Waals surface area contributed by atoms with Gasteiger partial charge in [-0.2, -0.15) is 11.8 Å². The summed E-state index contributed by atoms with van der Waals surface area (Å²) in [5.41, 5.74) is 2.80. The van der Waals surface area contributed by atoms with Crippen LogP contribution in [-0.2, 0) is 12.8 Å². The number of fused-ring (bicyclic) bond motifs is 1. The van der Waals surface area contributed by atoms with Crippen LogP contribution in [0.2, 0.25) is 0 Å². The smallest absolute Gasteiger partial charge is 0.122 e. The summed E-state index contributed by atoms with van der Waals surface area (Å²) < 4.78 is 5.52. The standard InChI is InChI=1S/C15H23NOS/c1-12(11-18-2)10-16-7-5-13-3-4-15-14(9-13)6-8-17-15/h3-4,9,12,16H,5-8,10-11H2,1-2H3. The molecule has 0 bridgehead atoms. The number of nitrogens with one attached hydrogen (secondary N) is 1. The molecule has 1 heterocycles. The van der Waals surface area contributed by atoms with E-state index in [1.807, 2.05) is 11.8 Å². The van der Waals surface area contributed by atoms with E-state index in [-0.39, 0.29) is 0 Å². The molecule has 2 nitrogen and oxygen atoms in total. The summed E-state index contributed by atoms with van der Waals surface area (Å²) in [5, 5.41) is 3.54. The van der Waals surface area contributed by atoms with E-state index in [2.05, 4.69) is 36.7 Å². The molecular weight excluding hydrogens is 242 g/mol. The molecule has 0 spiro atoms. The monoisotopic (exact) mass is 265 g/mol. The largest absolute Gasteiger partial charge is 0.493 e. The van der Waals surface area contributed by atoms with Gasteiger partial charge in [-0.25, -0.2) is 0 Å². The lowest BCUT2D eigenvalue weighted by atomic mass is 10.1. The Kier molecular flexibility index (Phi) is 5.39. The first kappa shape index (κ1) is 13.8. The van der Waals surface area contributed by atoms with E-state index in [4.69, 9.17) is 4.74 Å². The van der Waals surface area contributed by atoms with E-state index in [0.29, 0.717) is 0 Å². The lowest BCUT2D eigenvalue weighted by molar-refractivity contribution is 0.357. The molecular formula is C15H23NOS. The first-order valence-electron chi connectivity index (χ1n) is 6.74. The Morgan fingerprint density at radius 1 is 1.44 bits per heavy atom. The molecule has 0 aromatic heterocycles. The van der Waals surface area contributed by atoms with E-state index in [1.54, 1.807) is 0 Å². The van der Waals surface area contributed by atoms with Crippen molar-refractivity contribution in [3.8, 4) is 5.75 Å². The molecule has 1 atom stereocenters. The second kappa shape index (κ2) is 7.05. The second-order valence-electron chi connectivity index (χ2n) is 5.06. The summed E-state index contributed by atoms with van der Waals surface area (Å²) in [6.07, 6.45) is 4.35. The van der Waals surface area contributed by atoms with Crippen molar-refractivity contribution in [2.75, 3.05) is 31.7 Å². The Morgan fingerprint density at radius 3 is 3.17 bits per heavy atom. The Labute approximate surface area is 114 Å². The minimum absolute atomic E-state index is 0.758. The molecule has 100 valence electrons. The molecule has 1 aliphatic rings. The van der Waals surface area contributed by atoms with E-state index in [1.165, 1.54) is 16.9 Å². The van der Waals surface area contributed by atoms with Crippen molar-refractivity contribution in [2.45, 2.75) is 19.8 Å². The summed E-state index contributed by atoms with van der Waals surface area (Å²) in [6.45, 7) is 5.34. The molecule has 1 aromatic rings. The van der Waals surface area contributed by atoms with Crippen molar-refractivity contribution in [1.82, 2.24) is 5.32 Å². The van der Waals surface area contributed by atoms with Crippen LogP contribution in [-0.4, -0.2) is 31.7 Å². The summed E-state index contributed by atoms with van der Waals surface area (Å²) in [7, 11) is 0. The van der Waals surface area contributed by atoms with Crippen molar-refractivity contribution in [3.63, 3.8) is 0 Å². The van der Waals surface area contributed by atoms with Crippen LogP contribution in [0.15, 0.2) is 18.2 Å². The SMILES string of the molecule is CSCC(C)CNCCc1ccc2c(c1)CCO2. The van der Waals surface area contributed by atoms with Gasteiger partial charge in [0.1, 0.15) is 5.75 Å². The normalized spacial score (nSPS) is 15.2. The van der Waals surface area contributed by atoms with Crippen LogP contribution in [0.25, 0.3) is 0 Å². The zero-order valence-corrected chi connectivity index (χ0v) is 12.2. The number of benzene rings is 1. The Bertz CT molecular complexity index is 381. The predicted molar refractivity (Wildman–Crippen MR) is 79.8 cm³/mol. The van der Waals surface area contributed by atoms with Gasteiger partial charge in [-0.3, -0.25) is 0 Å². The third-order valence-electron chi connectivity index (χ3n) is 3.29. The highest BCUT2D eigenvalue weighted by molar-refractivity contribution is 7.98. The summed E-state index contributed by atoms with van der Waals surface area (Å²) in [5.74, 6) is 3.08. The molecule has 1 unspecified atom stereocenters. The number of rotatable bonds is 7. The van der Waals surface area contributed by atoms with Crippen LogP contribution in [0.3, 0.4) is 0 Å². The Balaban J connectivity index is 1.70. The van der Waals surface area contributed by atoms with Gasteiger partial charge in [0.2, 0.25) is 0 Å². The maximum absolute atomic E-state index is 5.52. The van der Waals surface area contributed by atoms with Gasteiger partial charge in [0.15, 0.2) is 0 Å².